The number of carbonyl (C=O) groups is 1. The van der Waals surface area contributed by atoms with Crippen LogP contribution >= 0.6 is 0 Å². The van der Waals surface area contributed by atoms with E-state index in [1.165, 1.54) is 25.7 Å². The van der Waals surface area contributed by atoms with Gasteiger partial charge in [-0.2, -0.15) is 0 Å². The number of aliphatic hydroxyl groups excluding tert-OH is 1. The number of hydrogen-bond acceptors (Lipinski definition) is 3. The summed E-state index contributed by atoms with van der Waals surface area (Å²) in [6.07, 6.45) is 21.6. The van der Waals surface area contributed by atoms with Crippen LogP contribution < -0.4 is 0 Å². The van der Waals surface area contributed by atoms with E-state index in [2.05, 4.69) is 53.7 Å². The normalized spacial score (nSPS) is 44.8. The Balaban J connectivity index is 1.44. The van der Waals surface area contributed by atoms with Gasteiger partial charge in [-0.1, -0.05) is 71.8 Å². The maximum Gasteiger partial charge on any atom is 0.311 e. The van der Waals surface area contributed by atoms with Gasteiger partial charge in [0.15, 0.2) is 0 Å². The predicted molar refractivity (Wildman–Crippen MR) is 160 cm³/mol. The lowest BCUT2D eigenvalue weighted by Gasteiger charge is -2.70. The van der Waals surface area contributed by atoms with Gasteiger partial charge in [-0.3, -0.25) is 4.79 Å². The highest BCUT2D eigenvalue weighted by Gasteiger charge is 2.66. The Morgan fingerprint density at radius 2 is 1.87 bits per heavy atom. The van der Waals surface area contributed by atoms with E-state index in [1.807, 2.05) is 19.1 Å². The van der Waals surface area contributed by atoms with Crippen LogP contribution in [0.4, 0.5) is 0 Å². The first-order valence-electron chi connectivity index (χ1n) is 16.3. The molecule has 0 aromatic carbocycles. The van der Waals surface area contributed by atoms with Crippen molar-refractivity contribution in [3.8, 4) is 0 Å². The maximum absolute atomic E-state index is 12.7. The number of allylic oxidation sites excluding steroid dienone is 6. The zero-order valence-corrected chi connectivity index (χ0v) is 26.0. The average Bonchev–Trinajstić information content (AvgIpc) is 2.84. The molecule has 5 rings (SSSR count). The van der Waals surface area contributed by atoms with Gasteiger partial charge in [-0.05, 0) is 123 Å². The van der Waals surface area contributed by atoms with Crippen LogP contribution in [0, 0.1) is 51.2 Å². The molecule has 9 atom stereocenters. The smallest absolute Gasteiger partial charge is 0.311 e. The van der Waals surface area contributed by atoms with Crippen LogP contribution in [-0.2, 0) is 9.53 Å². The fourth-order valence-electron chi connectivity index (χ4n) is 11.2. The number of fused-ring (bicyclic) bond motifs is 7. The third-order valence-corrected chi connectivity index (χ3v) is 13.0. The fraction of sp³-hybridized carbons (Fsp3) is 0.806. The topological polar surface area (TPSA) is 46.5 Å². The Labute approximate surface area is 238 Å². The van der Waals surface area contributed by atoms with Crippen molar-refractivity contribution in [3.05, 3.63) is 35.6 Å². The van der Waals surface area contributed by atoms with E-state index in [4.69, 9.17) is 4.74 Å². The molecule has 0 aromatic rings. The highest BCUT2D eigenvalue weighted by atomic mass is 16.5. The van der Waals surface area contributed by atoms with Gasteiger partial charge in [-0.25, -0.2) is 0 Å². The van der Waals surface area contributed by atoms with Gasteiger partial charge >= 0.3 is 5.97 Å². The van der Waals surface area contributed by atoms with Crippen LogP contribution in [0.15, 0.2) is 35.6 Å². The third-order valence-electron chi connectivity index (χ3n) is 13.0. The summed E-state index contributed by atoms with van der Waals surface area (Å²) >= 11 is 0. The molecule has 0 spiro atoms. The molecule has 218 valence electrons. The van der Waals surface area contributed by atoms with Crippen molar-refractivity contribution < 1.29 is 14.6 Å². The highest BCUT2D eigenvalue weighted by Crippen LogP contribution is 2.74. The molecule has 1 N–H and O–H groups in total. The Kier molecular flexibility index (Phi) is 7.84. The molecule has 0 radical (unpaired) electrons. The van der Waals surface area contributed by atoms with Crippen molar-refractivity contribution in [1.82, 2.24) is 0 Å². The van der Waals surface area contributed by atoms with Crippen molar-refractivity contribution in [2.24, 2.45) is 51.2 Å². The minimum atomic E-state index is -0.171. The molecule has 0 amide bonds. The van der Waals surface area contributed by atoms with Crippen molar-refractivity contribution in [2.75, 3.05) is 0 Å². The first-order valence-corrected chi connectivity index (χ1v) is 16.3. The standard InChI is InChI=1S/C36H56O3/c1-8-10-11-13-32(38)39-29-21-24-16-18-35(6)28(27(24)20-25(29)12-9-2)14-15-31-34(5)23-26(37)22-33(3,4)30(34)17-19-36(31,35)7/h8,10,14,21,24-27,30-31,37H,9,11-13,15-20,22-23H2,1-7H3. The number of ether oxygens (including phenoxy) is 1. The molecule has 3 saturated carbocycles. The van der Waals surface area contributed by atoms with Gasteiger partial charge in [-0.15, -0.1) is 0 Å². The van der Waals surface area contributed by atoms with Crippen LogP contribution in [0.3, 0.4) is 0 Å². The van der Waals surface area contributed by atoms with E-state index in [1.54, 1.807) is 5.57 Å². The Morgan fingerprint density at radius 1 is 1.10 bits per heavy atom. The zero-order valence-electron chi connectivity index (χ0n) is 26.0. The van der Waals surface area contributed by atoms with Gasteiger partial charge in [0, 0.05) is 12.3 Å². The molecular formula is C36H56O3. The molecule has 5 aliphatic rings. The molecule has 39 heavy (non-hydrogen) atoms. The van der Waals surface area contributed by atoms with Gasteiger partial charge in [0.2, 0.25) is 0 Å². The molecule has 3 nitrogen and oxygen atoms in total. The summed E-state index contributed by atoms with van der Waals surface area (Å²) in [5, 5.41) is 11.0. The lowest BCUT2D eigenvalue weighted by molar-refractivity contribution is -0.192. The van der Waals surface area contributed by atoms with Gasteiger partial charge in [0.25, 0.3) is 0 Å². The molecule has 0 aromatic heterocycles. The number of hydrogen-bond donors (Lipinski definition) is 1. The van der Waals surface area contributed by atoms with Crippen LogP contribution in [0.2, 0.25) is 0 Å². The number of carbonyl (C=O) groups excluding carboxylic acids is 1. The predicted octanol–water partition coefficient (Wildman–Crippen LogP) is 9.17. The first kappa shape index (κ1) is 29.2. The monoisotopic (exact) mass is 536 g/mol. The van der Waals surface area contributed by atoms with E-state index in [0.29, 0.717) is 36.0 Å². The SMILES string of the molecule is CC=CCCC(=O)OC1=CC2CCC3(C)C(=CCC4C5(C)CC(O)CC(C)(C)C5CCC43C)C2CC1CCC. The van der Waals surface area contributed by atoms with Gasteiger partial charge < -0.3 is 9.84 Å². The lowest BCUT2D eigenvalue weighted by atomic mass is 9.35. The average molecular weight is 537 g/mol. The van der Waals surface area contributed by atoms with Crippen molar-refractivity contribution in [2.45, 2.75) is 132 Å². The second-order valence-corrected chi connectivity index (χ2v) is 15.5. The van der Waals surface area contributed by atoms with Crippen molar-refractivity contribution in [3.63, 3.8) is 0 Å². The van der Waals surface area contributed by atoms with E-state index in [0.717, 1.165) is 50.7 Å². The van der Waals surface area contributed by atoms with Crippen molar-refractivity contribution >= 4 is 5.97 Å². The van der Waals surface area contributed by atoms with E-state index >= 15 is 0 Å². The molecule has 0 heterocycles. The van der Waals surface area contributed by atoms with Crippen LogP contribution in [-0.4, -0.2) is 17.2 Å². The largest absolute Gasteiger partial charge is 0.431 e. The first-order chi connectivity index (χ1) is 18.4. The number of aliphatic hydroxyl groups is 1. The Bertz CT molecular complexity index is 1030. The number of esters is 1. The van der Waals surface area contributed by atoms with Gasteiger partial charge in [0.1, 0.15) is 5.76 Å². The van der Waals surface area contributed by atoms with Crippen molar-refractivity contribution in [1.29, 1.82) is 0 Å². The second-order valence-electron chi connectivity index (χ2n) is 15.5. The van der Waals surface area contributed by atoms with E-state index < -0.39 is 0 Å². The quantitative estimate of drug-likeness (QED) is 0.272. The molecule has 9 unspecified atom stereocenters. The summed E-state index contributed by atoms with van der Waals surface area (Å²) in [6, 6.07) is 0. The second kappa shape index (κ2) is 10.5. The zero-order chi connectivity index (χ0) is 28.2. The van der Waals surface area contributed by atoms with Crippen LogP contribution in [0.25, 0.3) is 0 Å². The number of rotatable bonds is 6. The minimum absolute atomic E-state index is 0.0746. The van der Waals surface area contributed by atoms with Gasteiger partial charge in [0.05, 0.1) is 6.10 Å². The molecule has 3 heteroatoms. The van der Waals surface area contributed by atoms with Crippen LogP contribution in [0.1, 0.15) is 126 Å². The summed E-state index contributed by atoms with van der Waals surface area (Å²) < 4.78 is 6.07. The summed E-state index contributed by atoms with van der Waals surface area (Å²) in [5.74, 6) is 3.62. The molecule has 0 bridgehead atoms. The van der Waals surface area contributed by atoms with Crippen LogP contribution in [0.5, 0.6) is 0 Å². The third kappa shape index (κ3) is 4.71. The summed E-state index contributed by atoms with van der Waals surface area (Å²) in [6.45, 7) is 16.9. The Morgan fingerprint density at radius 3 is 2.59 bits per heavy atom. The summed E-state index contributed by atoms with van der Waals surface area (Å²) in [4.78, 5) is 12.7. The summed E-state index contributed by atoms with van der Waals surface area (Å²) in [7, 11) is 0. The molecule has 3 fully saturated rings. The highest BCUT2D eigenvalue weighted by molar-refractivity contribution is 5.70. The molecular weight excluding hydrogens is 480 g/mol. The molecule has 0 saturated heterocycles. The maximum atomic E-state index is 12.7. The Hall–Kier alpha value is -1.35. The molecule has 5 aliphatic carbocycles. The molecule has 0 aliphatic heterocycles. The van der Waals surface area contributed by atoms with E-state index in [-0.39, 0.29) is 33.7 Å². The fourth-order valence-corrected chi connectivity index (χ4v) is 11.2. The minimum Gasteiger partial charge on any atom is -0.431 e. The lowest BCUT2D eigenvalue weighted by Crippen LogP contribution is -2.63. The summed E-state index contributed by atoms with van der Waals surface area (Å²) in [5.41, 5.74) is 2.61. The van der Waals surface area contributed by atoms with E-state index in [9.17, 15) is 9.90 Å².